The van der Waals surface area contributed by atoms with Gasteiger partial charge in [0.15, 0.2) is 0 Å². The predicted molar refractivity (Wildman–Crippen MR) is 58.2 cm³/mol. The Morgan fingerprint density at radius 1 is 1.24 bits per heavy atom. The minimum Gasteiger partial charge on any atom is -0.481 e. The van der Waals surface area contributed by atoms with Gasteiger partial charge < -0.3 is 15.3 Å². The highest BCUT2D eigenvalue weighted by atomic mass is 16.4. The fourth-order valence-electron chi connectivity index (χ4n) is 2.09. The van der Waals surface area contributed by atoms with Crippen LogP contribution in [0.4, 0.5) is 0 Å². The summed E-state index contributed by atoms with van der Waals surface area (Å²) in [4.78, 5) is 35.4. The Morgan fingerprint density at radius 3 is 2.53 bits per heavy atom. The molecular formula is C11H16N2O4. The minimum atomic E-state index is -1.15. The molecule has 6 nitrogen and oxygen atoms in total. The smallest absolute Gasteiger partial charge is 0.312 e. The van der Waals surface area contributed by atoms with E-state index in [-0.39, 0.29) is 11.9 Å². The van der Waals surface area contributed by atoms with Crippen molar-refractivity contribution in [2.45, 2.75) is 44.2 Å². The van der Waals surface area contributed by atoms with Crippen molar-refractivity contribution in [3.63, 3.8) is 0 Å². The minimum absolute atomic E-state index is 0.135. The second kappa shape index (κ2) is 4.73. The van der Waals surface area contributed by atoms with Crippen LogP contribution in [0.3, 0.4) is 0 Å². The first-order valence-corrected chi connectivity index (χ1v) is 5.89. The molecule has 1 aliphatic carbocycles. The summed E-state index contributed by atoms with van der Waals surface area (Å²) in [6.45, 7) is 0.481. The number of carbonyl (C=O) groups excluding carboxylic acids is 2. The molecule has 1 saturated heterocycles. The van der Waals surface area contributed by atoms with Gasteiger partial charge in [-0.05, 0) is 25.7 Å². The van der Waals surface area contributed by atoms with Crippen molar-refractivity contribution in [3.8, 4) is 0 Å². The largest absolute Gasteiger partial charge is 0.481 e. The van der Waals surface area contributed by atoms with Gasteiger partial charge in [0, 0.05) is 12.6 Å². The molecule has 2 rings (SSSR count). The third kappa shape index (κ3) is 2.95. The number of hydrogen-bond donors (Lipinski definition) is 2. The van der Waals surface area contributed by atoms with Crippen molar-refractivity contribution in [2.75, 3.05) is 6.54 Å². The number of amides is 2. The van der Waals surface area contributed by atoms with E-state index in [2.05, 4.69) is 5.32 Å². The van der Waals surface area contributed by atoms with Crippen molar-refractivity contribution < 1.29 is 19.5 Å². The molecule has 2 aliphatic rings. The monoisotopic (exact) mass is 240 g/mol. The molecule has 1 unspecified atom stereocenters. The summed E-state index contributed by atoms with van der Waals surface area (Å²) in [7, 11) is 0. The average Bonchev–Trinajstić information content (AvgIpc) is 2.92. The Hall–Kier alpha value is -1.59. The first-order chi connectivity index (χ1) is 8.08. The van der Waals surface area contributed by atoms with Crippen LogP contribution in [0.15, 0.2) is 0 Å². The van der Waals surface area contributed by atoms with E-state index >= 15 is 0 Å². The Bertz CT molecular complexity index is 351. The maximum absolute atomic E-state index is 11.8. The van der Waals surface area contributed by atoms with Gasteiger partial charge in [0.1, 0.15) is 12.5 Å². The van der Waals surface area contributed by atoms with Crippen LogP contribution in [0.1, 0.15) is 32.1 Å². The summed E-state index contributed by atoms with van der Waals surface area (Å²) in [5.74, 6) is -1.75. The first kappa shape index (κ1) is 11.9. The summed E-state index contributed by atoms with van der Waals surface area (Å²) in [5, 5.41) is 11.4. The Kier molecular flexibility index (Phi) is 3.31. The van der Waals surface area contributed by atoms with Gasteiger partial charge in [0.25, 0.3) is 0 Å². The lowest BCUT2D eigenvalue weighted by Gasteiger charge is -2.23. The maximum Gasteiger partial charge on any atom is 0.312 e. The number of likely N-dealkylation sites (tertiary alicyclic amines) is 1. The Balaban J connectivity index is 1.93. The normalized spacial score (nSPS) is 23.5. The molecular weight excluding hydrogens is 224 g/mol. The zero-order valence-corrected chi connectivity index (χ0v) is 9.52. The highest BCUT2D eigenvalue weighted by molar-refractivity contribution is 5.96. The summed E-state index contributed by atoms with van der Waals surface area (Å²) >= 11 is 0. The van der Waals surface area contributed by atoms with E-state index in [0.717, 1.165) is 19.3 Å². The van der Waals surface area contributed by atoms with Gasteiger partial charge in [-0.25, -0.2) is 0 Å². The summed E-state index contributed by atoms with van der Waals surface area (Å²) in [5.41, 5.74) is 0. The van der Waals surface area contributed by atoms with Crippen LogP contribution in [0, 0.1) is 0 Å². The second-order valence-corrected chi connectivity index (χ2v) is 4.60. The van der Waals surface area contributed by atoms with E-state index in [4.69, 9.17) is 5.11 Å². The molecule has 2 fully saturated rings. The molecule has 6 heteroatoms. The van der Waals surface area contributed by atoms with Crippen molar-refractivity contribution in [3.05, 3.63) is 0 Å². The van der Waals surface area contributed by atoms with Crippen LogP contribution in [0.25, 0.3) is 0 Å². The van der Waals surface area contributed by atoms with Gasteiger partial charge in [-0.1, -0.05) is 0 Å². The van der Waals surface area contributed by atoms with Gasteiger partial charge in [-0.2, -0.15) is 0 Å². The van der Waals surface area contributed by atoms with E-state index in [0.29, 0.717) is 13.0 Å². The first-order valence-electron chi connectivity index (χ1n) is 5.89. The number of carbonyl (C=O) groups is 3. The van der Waals surface area contributed by atoms with Gasteiger partial charge in [-0.3, -0.25) is 14.4 Å². The van der Waals surface area contributed by atoms with Crippen LogP contribution in [0.5, 0.6) is 0 Å². The van der Waals surface area contributed by atoms with Crippen molar-refractivity contribution >= 4 is 17.8 Å². The molecule has 0 radical (unpaired) electrons. The second-order valence-electron chi connectivity index (χ2n) is 4.60. The number of nitrogens with zero attached hydrogens (tertiary/aromatic N) is 1. The lowest BCUT2D eigenvalue weighted by molar-refractivity contribution is -0.146. The average molecular weight is 240 g/mol. The van der Waals surface area contributed by atoms with Crippen LogP contribution in [0.2, 0.25) is 0 Å². The van der Waals surface area contributed by atoms with Crippen molar-refractivity contribution in [1.29, 1.82) is 0 Å². The van der Waals surface area contributed by atoms with Crippen molar-refractivity contribution in [1.82, 2.24) is 10.2 Å². The fourth-order valence-corrected chi connectivity index (χ4v) is 2.09. The molecule has 2 amide bonds. The summed E-state index contributed by atoms with van der Waals surface area (Å²) in [6, 6.07) is -0.207. The summed E-state index contributed by atoms with van der Waals surface area (Å²) in [6.07, 6.45) is 2.86. The molecule has 1 atom stereocenters. The van der Waals surface area contributed by atoms with Crippen molar-refractivity contribution in [2.24, 2.45) is 0 Å². The molecule has 0 bridgehead atoms. The third-order valence-electron chi connectivity index (χ3n) is 3.10. The molecule has 17 heavy (non-hydrogen) atoms. The Labute approximate surface area is 99.0 Å². The Morgan fingerprint density at radius 2 is 1.94 bits per heavy atom. The van der Waals surface area contributed by atoms with E-state index in [1.54, 1.807) is 0 Å². The zero-order chi connectivity index (χ0) is 12.4. The molecule has 0 aromatic heterocycles. The lowest BCUT2D eigenvalue weighted by Crippen LogP contribution is -2.46. The number of hydrogen-bond acceptors (Lipinski definition) is 3. The molecule has 1 heterocycles. The standard InChI is InChI=1S/C11H16N2O4/c14-9(6-10(15)16)13-5-1-2-8(13)11(17)12-7-3-4-7/h7-8H,1-6H2,(H,12,17)(H,15,16). The quantitative estimate of drug-likeness (QED) is 0.662. The maximum atomic E-state index is 11.8. The van der Waals surface area contributed by atoms with E-state index < -0.39 is 24.3 Å². The van der Waals surface area contributed by atoms with E-state index in [1.807, 2.05) is 0 Å². The van der Waals surface area contributed by atoms with Gasteiger partial charge in [0.2, 0.25) is 11.8 Å². The van der Waals surface area contributed by atoms with Crippen LogP contribution in [-0.2, 0) is 14.4 Å². The molecule has 1 aliphatic heterocycles. The predicted octanol–water partition coefficient (Wildman–Crippen LogP) is -0.269. The van der Waals surface area contributed by atoms with E-state index in [1.165, 1.54) is 4.90 Å². The number of carboxylic acids is 1. The van der Waals surface area contributed by atoms with E-state index in [9.17, 15) is 14.4 Å². The van der Waals surface area contributed by atoms with Gasteiger partial charge >= 0.3 is 5.97 Å². The number of rotatable bonds is 4. The topological polar surface area (TPSA) is 86.7 Å². The number of nitrogens with one attached hydrogen (secondary N) is 1. The van der Waals surface area contributed by atoms with Crippen LogP contribution >= 0.6 is 0 Å². The lowest BCUT2D eigenvalue weighted by atomic mass is 10.2. The molecule has 2 N–H and O–H groups in total. The van der Waals surface area contributed by atoms with Crippen LogP contribution < -0.4 is 5.32 Å². The third-order valence-corrected chi connectivity index (χ3v) is 3.10. The molecule has 0 aromatic rings. The molecule has 0 spiro atoms. The molecule has 94 valence electrons. The highest BCUT2D eigenvalue weighted by Gasteiger charge is 2.36. The fraction of sp³-hybridized carbons (Fsp3) is 0.727. The van der Waals surface area contributed by atoms with Gasteiger partial charge in [0.05, 0.1) is 0 Å². The SMILES string of the molecule is O=C(O)CC(=O)N1CCCC1C(=O)NC1CC1. The number of aliphatic carboxylic acids is 1. The van der Waals surface area contributed by atoms with Crippen LogP contribution in [-0.4, -0.2) is 46.4 Å². The zero-order valence-electron chi connectivity index (χ0n) is 9.52. The van der Waals surface area contributed by atoms with Gasteiger partial charge in [-0.15, -0.1) is 0 Å². The molecule has 1 saturated carbocycles. The highest BCUT2D eigenvalue weighted by Crippen LogP contribution is 2.22. The number of carboxylic acid groups (broad SMARTS) is 1. The molecule has 0 aromatic carbocycles. The summed E-state index contributed by atoms with van der Waals surface area (Å²) < 4.78 is 0.